The van der Waals surface area contributed by atoms with Gasteiger partial charge in [0.2, 0.25) is 0 Å². The van der Waals surface area contributed by atoms with Gasteiger partial charge in [-0.2, -0.15) is 5.10 Å². The molecule has 1 amide bonds. The molecule has 0 unspecified atom stereocenters. The molecule has 4 aromatic rings. The van der Waals surface area contributed by atoms with Gasteiger partial charge < -0.3 is 0 Å². The Kier molecular flexibility index (Phi) is 3.59. The zero-order valence-electron chi connectivity index (χ0n) is 12.9. The second kappa shape index (κ2) is 5.90. The highest BCUT2D eigenvalue weighted by atomic mass is 32.1. The van der Waals surface area contributed by atoms with Crippen molar-refractivity contribution in [2.75, 3.05) is 5.32 Å². The third-order valence-corrected chi connectivity index (χ3v) is 4.49. The molecule has 0 fully saturated rings. The molecule has 0 aliphatic carbocycles. The number of benzene rings is 2. The Morgan fingerprint density at radius 1 is 1.12 bits per heavy atom. The molecule has 2 aromatic heterocycles. The summed E-state index contributed by atoms with van der Waals surface area (Å²) in [6.45, 7) is 0. The molecule has 4 rings (SSSR count). The lowest BCUT2D eigenvalue weighted by Crippen LogP contribution is -2.12. The fourth-order valence-corrected chi connectivity index (χ4v) is 3.31. The molecule has 0 saturated carbocycles. The smallest absolute Gasteiger partial charge is 0.277 e. The van der Waals surface area contributed by atoms with Crippen LogP contribution in [-0.4, -0.2) is 20.7 Å². The van der Waals surface area contributed by atoms with Crippen LogP contribution in [0.5, 0.6) is 0 Å². The fourth-order valence-electron chi connectivity index (χ4n) is 2.60. The van der Waals surface area contributed by atoms with Crippen molar-refractivity contribution in [3.63, 3.8) is 0 Å². The van der Waals surface area contributed by atoms with Crippen LogP contribution in [0.3, 0.4) is 0 Å². The highest BCUT2D eigenvalue weighted by molar-refractivity contribution is 7.14. The van der Waals surface area contributed by atoms with Gasteiger partial charge in [0.15, 0.2) is 10.8 Å². The van der Waals surface area contributed by atoms with E-state index in [0.29, 0.717) is 10.8 Å². The zero-order chi connectivity index (χ0) is 16.5. The summed E-state index contributed by atoms with van der Waals surface area (Å²) in [5.74, 6) is -0.255. The number of carbonyl (C=O) groups is 1. The van der Waals surface area contributed by atoms with Crippen LogP contribution < -0.4 is 5.32 Å². The van der Waals surface area contributed by atoms with Gasteiger partial charge in [-0.05, 0) is 16.8 Å². The summed E-state index contributed by atoms with van der Waals surface area (Å²) in [4.78, 5) is 16.7. The van der Waals surface area contributed by atoms with Crippen LogP contribution in [0.1, 0.15) is 10.5 Å². The normalized spacial score (nSPS) is 10.9. The summed E-state index contributed by atoms with van der Waals surface area (Å²) in [6.07, 6.45) is 1.73. The van der Waals surface area contributed by atoms with Crippen molar-refractivity contribution in [3.8, 4) is 11.3 Å². The Hall–Kier alpha value is -2.99. The minimum Gasteiger partial charge on any atom is -0.296 e. The first-order valence-corrected chi connectivity index (χ1v) is 8.33. The van der Waals surface area contributed by atoms with Crippen molar-refractivity contribution in [2.45, 2.75) is 0 Å². The van der Waals surface area contributed by atoms with E-state index in [1.807, 2.05) is 29.6 Å². The minimum absolute atomic E-state index is 0.255. The molecular weight excluding hydrogens is 320 g/mol. The molecular formula is C18H14N4OS. The van der Waals surface area contributed by atoms with Crippen molar-refractivity contribution < 1.29 is 4.79 Å². The number of amides is 1. The highest BCUT2D eigenvalue weighted by Gasteiger charge is 2.13. The highest BCUT2D eigenvalue weighted by Crippen LogP contribution is 2.31. The second-order valence-electron chi connectivity index (χ2n) is 5.39. The van der Waals surface area contributed by atoms with E-state index in [9.17, 15) is 4.79 Å². The summed E-state index contributed by atoms with van der Waals surface area (Å²) >= 11 is 1.41. The van der Waals surface area contributed by atoms with Crippen molar-refractivity contribution >= 4 is 33.1 Å². The molecule has 0 atom stereocenters. The molecule has 0 radical (unpaired) electrons. The first-order valence-electron chi connectivity index (χ1n) is 7.45. The summed E-state index contributed by atoms with van der Waals surface area (Å²) in [5, 5.41) is 11.7. The van der Waals surface area contributed by atoms with Gasteiger partial charge in [0, 0.05) is 24.2 Å². The zero-order valence-corrected chi connectivity index (χ0v) is 13.7. The van der Waals surface area contributed by atoms with Gasteiger partial charge in [0.25, 0.3) is 5.91 Å². The van der Waals surface area contributed by atoms with Gasteiger partial charge in [-0.25, -0.2) is 4.98 Å². The number of carbonyl (C=O) groups excluding carboxylic acids is 1. The van der Waals surface area contributed by atoms with E-state index in [4.69, 9.17) is 0 Å². The Bertz CT molecular complexity index is 1030. The maximum atomic E-state index is 12.2. The molecule has 0 aliphatic heterocycles. The molecule has 118 valence electrons. The fraction of sp³-hybridized carbons (Fsp3) is 0.0556. The predicted molar refractivity (Wildman–Crippen MR) is 96.2 cm³/mol. The van der Waals surface area contributed by atoms with E-state index in [2.05, 4.69) is 33.6 Å². The van der Waals surface area contributed by atoms with Crippen LogP contribution in [0.4, 0.5) is 5.13 Å². The molecule has 2 aromatic carbocycles. The Labute approximate surface area is 142 Å². The molecule has 0 bridgehead atoms. The molecule has 0 aliphatic rings. The number of hydrogen-bond donors (Lipinski definition) is 1. The van der Waals surface area contributed by atoms with Crippen LogP contribution in [0.25, 0.3) is 22.0 Å². The number of rotatable bonds is 3. The predicted octanol–water partition coefficient (Wildman–Crippen LogP) is 3.95. The van der Waals surface area contributed by atoms with Crippen LogP contribution in [0.15, 0.2) is 60.1 Å². The van der Waals surface area contributed by atoms with Crippen LogP contribution in [-0.2, 0) is 7.05 Å². The second-order valence-corrected chi connectivity index (χ2v) is 6.25. The molecule has 0 spiro atoms. The number of aromatic nitrogens is 3. The van der Waals surface area contributed by atoms with Crippen LogP contribution in [0, 0.1) is 0 Å². The number of nitrogens with one attached hydrogen (secondary N) is 1. The molecule has 0 saturated heterocycles. The minimum atomic E-state index is -0.255. The molecule has 1 N–H and O–H groups in total. The van der Waals surface area contributed by atoms with E-state index in [-0.39, 0.29) is 5.91 Å². The van der Waals surface area contributed by atoms with E-state index in [1.54, 1.807) is 24.0 Å². The average molecular weight is 334 g/mol. The molecule has 5 nitrogen and oxygen atoms in total. The van der Waals surface area contributed by atoms with E-state index in [1.165, 1.54) is 16.7 Å². The molecule has 2 heterocycles. The third kappa shape index (κ3) is 2.68. The van der Waals surface area contributed by atoms with E-state index >= 15 is 0 Å². The summed E-state index contributed by atoms with van der Waals surface area (Å²) in [6, 6.07) is 16.0. The lowest BCUT2D eigenvalue weighted by Gasteiger charge is -2.03. The Morgan fingerprint density at radius 2 is 1.96 bits per heavy atom. The van der Waals surface area contributed by atoms with Gasteiger partial charge >= 0.3 is 0 Å². The van der Waals surface area contributed by atoms with Gasteiger partial charge in [-0.3, -0.25) is 14.8 Å². The van der Waals surface area contributed by atoms with Gasteiger partial charge in [0.1, 0.15) is 0 Å². The number of fused-ring (bicyclic) bond motifs is 1. The summed E-state index contributed by atoms with van der Waals surface area (Å²) in [7, 11) is 1.78. The number of thiazole rings is 1. The number of hydrogen-bond acceptors (Lipinski definition) is 4. The largest absolute Gasteiger partial charge is 0.296 e. The summed E-state index contributed by atoms with van der Waals surface area (Å²) < 4.78 is 1.60. The Morgan fingerprint density at radius 3 is 2.79 bits per heavy atom. The lowest BCUT2D eigenvalue weighted by atomic mass is 10.0. The van der Waals surface area contributed by atoms with E-state index < -0.39 is 0 Å². The van der Waals surface area contributed by atoms with Crippen molar-refractivity contribution in [2.24, 2.45) is 7.05 Å². The average Bonchev–Trinajstić information content (AvgIpc) is 3.23. The first-order chi connectivity index (χ1) is 11.7. The van der Waals surface area contributed by atoms with Crippen molar-refractivity contribution in [3.05, 3.63) is 65.8 Å². The SMILES string of the molecule is Cn1ccc(C(=O)Nc2nc(-c3cccc4ccccc34)cs2)n1. The third-order valence-electron chi connectivity index (χ3n) is 3.74. The number of aryl methyl sites for hydroxylation is 1. The van der Waals surface area contributed by atoms with E-state index in [0.717, 1.165) is 16.6 Å². The number of anilines is 1. The quantitative estimate of drug-likeness (QED) is 0.617. The van der Waals surface area contributed by atoms with Gasteiger partial charge in [0.05, 0.1) is 5.69 Å². The van der Waals surface area contributed by atoms with Gasteiger partial charge in [-0.1, -0.05) is 42.5 Å². The summed E-state index contributed by atoms with van der Waals surface area (Å²) in [5.41, 5.74) is 2.29. The maximum Gasteiger partial charge on any atom is 0.277 e. The van der Waals surface area contributed by atoms with Crippen molar-refractivity contribution in [1.82, 2.24) is 14.8 Å². The first kappa shape index (κ1) is 14.6. The van der Waals surface area contributed by atoms with Crippen molar-refractivity contribution in [1.29, 1.82) is 0 Å². The lowest BCUT2D eigenvalue weighted by molar-refractivity contribution is 0.102. The standard InChI is InChI=1S/C18H14N4OS/c1-22-10-9-15(21-22)17(23)20-18-19-16(11-24-18)14-8-4-6-12-5-2-3-7-13(12)14/h2-11H,1H3,(H,19,20,23). The Balaban J connectivity index is 1.64. The molecule has 6 heteroatoms. The van der Waals surface area contributed by atoms with Crippen LogP contribution >= 0.6 is 11.3 Å². The maximum absolute atomic E-state index is 12.2. The topological polar surface area (TPSA) is 59.8 Å². The monoisotopic (exact) mass is 334 g/mol. The van der Waals surface area contributed by atoms with Gasteiger partial charge in [-0.15, -0.1) is 11.3 Å². The molecule has 24 heavy (non-hydrogen) atoms. The number of nitrogens with zero attached hydrogens (tertiary/aromatic N) is 3. The van der Waals surface area contributed by atoms with Crippen LogP contribution in [0.2, 0.25) is 0 Å².